The van der Waals surface area contributed by atoms with E-state index in [1.165, 1.54) is 6.33 Å². The number of nitrogens with zero attached hydrogens (tertiary/aromatic N) is 4. The number of rotatable bonds is 4. The smallest absolute Gasteiger partial charge is 0.255 e. The van der Waals surface area contributed by atoms with Gasteiger partial charge in [-0.05, 0) is 42.8 Å². The van der Waals surface area contributed by atoms with Crippen LogP contribution in [0.3, 0.4) is 0 Å². The number of halogens is 2. The van der Waals surface area contributed by atoms with Crippen LogP contribution >= 0.6 is 23.2 Å². The fourth-order valence-electron chi connectivity index (χ4n) is 3.30. The minimum atomic E-state index is -0.0509. The van der Waals surface area contributed by atoms with Gasteiger partial charge in [0.15, 0.2) is 0 Å². The van der Waals surface area contributed by atoms with Crippen molar-refractivity contribution < 1.29 is 9.53 Å². The Kier molecular flexibility index (Phi) is 6.06. The molecule has 2 aromatic carbocycles. The molecule has 0 spiro atoms. The first kappa shape index (κ1) is 20.4. The summed E-state index contributed by atoms with van der Waals surface area (Å²) in [5.41, 5.74) is 1.46. The average molecular weight is 443 g/mol. The average Bonchev–Trinajstić information content (AvgIpc) is 2.76. The Bertz CT molecular complexity index is 1070. The van der Waals surface area contributed by atoms with Gasteiger partial charge in [-0.15, -0.1) is 0 Å². The standard InChI is InChI=1S/C22H20Cl2N4O2/c1-15-12-16(6-7-18(15)23)30-21-13-20(25-14-26-21)27-8-10-28(11-9-27)22(29)17-4-2-3-5-19(17)24/h2-7,12-14H,8-11H2,1H3. The molecule has 0 radical (unpaired) electrons. The van der Waals surface area contributed by atoms with Crippen molar-refractivity contribution in [2.45, 2.75) is 6.92 Å². The number of hydrogen-bond donors (Lipinski definition) is 0. The van der Waals surface area contributed by atoms with Crippen LogP contribution in [-0.2, 0) is 0 Å². The summed E-state index contributed by atoms with van der Waals surface area (Å²) in [5, 5.41) is 1.16. The molecular weight excluding hydrogens is 423 g/mol. The molecule has 1 amide bonds. The molecule has 154 valence electrons. The summed E-state index contributed by atoms with van der Waals surface area (Å²) in [6.45, 7) is 4.41. The van der Waals surface area contributed by atoms with Gasteiger partial charge in [-0.2, -0.15) is 0 Å². The van der Waals surface area contributed by atoms with Crippen LogP contribution in [0.25, 0.3) is 0 Å². The van der Waals surface area contributed by atoms with Crippen LogP contribution in [0.1, 0.15) is 15.9 Å². The van der Waals surface area contributed by atoms with Gasteiger partial charge in [0.25, 0.3) is 5.91 Å². The molecular formula is C22H20Cl2N4O2. The molecule has 1 aliphatic rings. The van der Waals surface area contributed by atoms with Gasteiger partial charge in [-0.1, -0.05) is 35.3 Å². The minimum Gasteiger partial charge on any atom is -0.439 e. The largest absolute Gasteiger partial charge is 0.439 e. The lowest BCUT2D eigenvalue weighted by molar-refractivity contribution is 0.0746. The molecule has 8 heteroatoms. The predicted octanol–water partition coefficient (Wildman–Crippen LogP) is 4.85. The molecule has 0 aliphatic carbocycles. The van der Waals surface area contributed by atoms with Gasteiger partial charge in [0.1, 0.15) is 17.9 Å². The van der Waals surface area contributed by atoms with Crippen molar-refractivity contribution in [2.24, 2.45) is 0 Å². The number of hydrogen-bond acceptors (Lipinski definition) is 5. The third kappa shape index (κ3) is 4.50. The van der Waals surface area contributed by atoms with E-state index in [2.05, 4.69) is 14.9 Å². The lowest BCUT2D eigenvalue weighted by atomic mass is 10.2. The van der Waals surface area contributed by atoms with Crippen molar-refractivity contribution >= 4 is 34.9 Å². The Morgan fingerprint density at radius 3 is 2.47 bits per heavy atom. The Morgan fingerprint density at radius 2 is 1.73 bits per heavy atom. The fourth-order valence-corrected chi connectivity index (χ4v) is 3.64. The zero-order valence-electron chi connectivity index (χ0n) is 16.4. The van der Waals surface area contributed by atoms with E-state index in [1.807, 2.05) is 30.0 Å². The molecule has 4 rings (SSSR count). The van der Waals surface area contributed by atoms with Crippen molar-refractivity contribution in [3.8, 4) is 11.6 Å². The second-order valence-corrected chi connectivity index (χ2v) is 7.80. The second-order valence-electron chi connectivity index (χ2n) is 6.99. The summed E-state index contributed by atoms with van der Waals surface area (Å²) in [4.78, 5) is 25.2. The van der Waals surface area contributed by atoms with E-state index in [1.54, 1.807) is 30.3 Å². The monoisotopic (exact) mass is 442 g/mol. The summed E-state index contributed by atoms with van der Waals surface area (Å²) >= 11 is 12.2. The van der Waals surface area contributed by atoms with E-state index in [-0.39, 0.29) is 5.91 Å². The molecule has 6 nitrogen and oxygen atoms in total. The molecule has 0 bridgehead atoms. The number of aryl methyl sites for hydroxylation is 1. The minimum absolute atomic E-state index is 0.0509. The van der Waals surface area contributed by atoms with Crippen LogP contribution in [0.15, 0.2) is 54.9 Å². The number of ether oxygens (including phenoxy) is 1. The summed E-state index contributed by atoms with van der Waals surface area (Å²) < 4.78 is 5.86. The lowest BCUT2D eigenvalue weighted by Crippen LogP contribution is -2.49. The molecule has 1 aromatic heterocycles. The predicted molar refractivity (Wildman–Crippen MR) is 118 cm³/mol. The van der Waals surface area contributed by atoms with Crippen LogP contribution in [-0.4, -0.2) is 47.0 Å². The fraction of sp³-hybridized carbons (Fsp3) is 0.227. The molecule has 1 aliphatic heterocycles. The molecule has 1 saturated heterocycles. The maximum absolute atomic E-state index is 12.7. The van der Waals surface area contributed by atoms with E-state index >= 15 is 0 Å². The normalized spacial score (nSPS) is 14.0. The summed E-state index contributed by atoms with van der Waals surface area (Å²) in [6, 6.07) is 14.4. The number of piperazine rings is 1. The first-order valence-corrected chi connectivity index (χ1v) is 10.3. The van der Waals surface area contributed by atoms with Crippen molar-refractivity contribution in [3.63, 3.8) is 0 Å². The Hall–Kier alpha value is -2.83. The van der Waals surface area contributed by atoms with E-state index in [9.17, 15) is 4.79 Å². The Balaban J connectivity index is 1.41. The molecule has 0 N–H and O–H groups in total. The summed E-state index contributed by atoms with van der Waals surface area (Å²) in [5.74, 6) is 1.83. The van der Waals surface area contributed by atoms with Crippen molar-refractivity contribution in [2.75, 3.05) is 31.1 Å². The SMILES string of the molecule is Cc1cc(Oc2cc(N3CCN(C(=O)c4ccccc4Cl)CC3)ncn2)ccc1Cl. The lowest BCUT2D eigenvalue weighted by Gasteiger charge is -2.35. The maximum atomic E-state index is 12.7. The number of amides is 1. The topological polar surface area (TPSA) is 58.6 Å². The van der Waals surface area contributed by atoms with E-state index in [0.29, 0.717) is 53.4 Å². The van der Waals surface area contributed by atoms with Crippen molar-refractivity contribution in [1.29, 1.82) is 0 Å². The number of carbonyl (C=O) groups excluding carboxylic acids is 1. The van der Waals surface area contributed by atoms with Gasteiger partial charge in [0.2, 0.25) is 5.88 Å². The summed E-state index contributed by atoms with van der Waals surface area (Å²) in [6.07, 6.45) is 1.48. The summed E-state index contributed by atoms with van der Waals surface area (Å²) in [7, 11) is 0. The third-order valence-electron chi connectivity index (χ3n) is 4.97. The highest BCUT2D eigenvalue weighted by atomic mass is 35.5. The quantitative estimate of drug-likeness (QED) is 0.577. The van der Waals surface area contributed by atoms with Crippen molar-refractivity contribution in [3.05, 3.63) is 76.0 Å². The van der Waals surface area contributed by atoms with E-state index in [4.69, 9.17) is 27.9 Å². The van der Waals surface area contributed by atoms with Crippen LogP contribution in [0.2, 0.25) is 10.0 Å². The number of benzene rings is 2. The molecule has 0 atom stereocenters. The van der Waals surface area contributed by atoms with Gasteiger partial charge in [-0.25, -0.2) is 9.97 Å². The molecule has 30 heavy (non-hydrogen) atoms. The van der Waals surface area contributed by atoms with Crippen LogP contribution in [0.5, 0.6) is 11.6 Å². The van der Waals surface area contributed by atoms with Gasteiger partial charge < -0.3 is 14.5 Å². The highest BCUT2D eigenvalue weighted by molar-refractivity contribution is 6.33. The molecule has 3 aromatic rings. The highest BCUT2D eigenvalue weighted by Crippen LogP contribution is 2.27. The number of anilines is 1. The number of aromatic nitrogens is 2. The molecule has 0 saturated carbocycles. The van der Waals surface area contributed by atoms with Gasteiger partial charge in [0, 0.05) is 37.3 Å². The number of carbonyl (C=O) groups is 1. The van der Waals surface area contributed by atoms with E-state index < -0.39 is 0 Å². The third-order valence-corrected chi connectivity index (χ3v) is 5.73. The molecule has 1 fully saturated rings. The second kappa shape index (κ2) is 8.90. The van der Waals surface area contributed by atoms with Crippen molar-refractivity contribution in [1.82, 2.24) is 14.9 Å². The Labute approximate surface area is 185 Å². The first-order valence-electron chi connectivity index (χ1n) is 9.56. The van der Waals surface area contributed by atoms with Crippen LogP contribution < -0.4 is 9.64 Å². The maximum Gasteiger partial charge on any atom is 0.255 e. The van der Waals surface area contributed by atoms with Gasteiger partial charge in [0.05, 0.1) is 10.6 Å². The zero-order valence-corrected chi connectivity index (χ0v) is 17.9. The zero-order chi connectivity index (χ0) is 21.1. The Morgan fingerprint density at radius 1 is 0.967 bits per heavy atom. The van der Waals surface area contributed by atoms with Gasteiger partial charge in [-0.3, -0.25) is 4.79 Å². The van der Waals surface area contributed by atoms with Crippen LogP contribution in [0.4, 0.5) is 5.82 Å². The molecule has 2 heterocycles. The van der Waals surface area contributed by atoms with Gasteiger partial charge >= 0.3 is 0 Å². The first-order chi connectivity index (χ1) is 14.5. The highest BCUT2D eigenvalue weighted by Gasteiger charge is 2.24. The molecule has 0 unspecified atom stereocenters. The van der Waals surface area contributed by atoms with Crippen LogP contribution in [0, 0.1) is 6.92 Å². The van der Waals surface area contributed by atoms with E-state index in [0.717, 1.165) is 11.4 Å².